The van der Waals surface area contributed by atoms with E-state index in [4.69, 9.17) is 10.5 Å². The topological polar surface area (TPSA) is 35.2 Å². The molecule has 0 spiro atoms. The summed E-state index contributed by atoms with van der Waals surface area (Å²) < 4.78 is 7.05. The van der Waals surface area contributed by atoms with Crippen LogP contribution in [0.1, 0.15) is 24.5 Å². The van der Waals surface area contributed by atoms with Gasteiger partial charge in [-0.2, -0.15) is 0 Å². The number of halogens is 1. The van der Waals surface area contributed by atoms with Gasteiger partial charge in [0.2, 0.25) is 0 Å². The van der Waals surface area contributed by atoms with Crippen LogP contribution in [0.4, 0.5) is 0 Å². The van der Waals surface area contributed by atoms with Gasteiger partial charge in [-0.3, -0.25) is 0 Å². The van der Waals surface area contributed by atoms with Crippen LogP contribution in [-0.4, -0.2) is 13.2 Å². The normalized spacial score (nSPS) is 24.2. The Kier molecular flexibility index (Phi) is 3.14. The van der Waals surface area contributed by atoms with E-state index in [1.54, 1.807) is 0 Å². The number of hydrogen-bond acceptors (Lipinski definition) is 2. The maximum absolute atomic E-state index is 5.88. The van der Waals surface area contributed by atoms with Gasteiger partial charge in [-0.05, 0) is 37.0 Å². The van der Waals surface area contributed by atoms with E-state index in [-0.39, 0.29) is 5.60 Å². The van der Waals surface area contributed by atoms with E-state index in [0.29, 0.717) is 13.2 Å². The molecule has 1 aromatic carbocycles. The summed E-state index contributed by atoms with van der Waals surface area (Å²) >= 11 is 3.58. The van der Waals surface area contributed by atoms with E-state index in [1.165, 1.54) is 15.6 Å². The van der Waals surface area contributed by atoms with Crippen molar-refractivity contribution >= 4 is 15.9 Å². The van der Waals surface area contributed by atoms with Gasteiger partial charge >= 0.3 is 0 Å². The average molecular weight is 270 g/mol. The molecule has 0 bridgehead atoms. The van der Waals surface area contributed by atoms with Crippen LogP contribution in [0.25, 0.3) is 0 Å². The van der Waals surface area contributed by atoms with E-state index in [9.17, 15) is 0 Å². The van der Waals surface area contributed by atoms with E-state index < -0.39 is 0 Å². The van der Waals surface area contributed by atoms with Crippen molar-refractivity contribution in [1.82, 2.24) is 0 Å². The highest BCUT2D eigenvalue weighted by atomic mass is 79.9. The van der Waals surface area contributed by atoms with Gasteiger partial charge in [0.25, 0.3) is 0 Å². The Morgan fingerprint density at radius 1 is 1.53 bits per heavy atom. The summed E-state index contributed by atoms with van der Waals surface area (Å²) in [5.41, 5.74) is 8.26. The fourth-order valence-electron chi connectivity index (χ4n) is 2.40. The fraction of sp³-hybridized carbons (Fsp3) is 0.500. The van der Waals surface area contributed by atoms with Crippen LogP contribution in [0, 0.1) is 0 Å². The zero-order chi connectivity index (χ0) is 10.9. The first-order chi connectivity index (χ1) is 7.23. The molecule has 3 heteroatoms. The second-order valence-corrected chi connectivity index (χ2v) is 4.75. The van der Waals surface area contributed by atoms with Crippen LogP contribution < -0.4 is 5.73 Å². The predicted octanol–water partition coefficient (Wildman–Crippen LogP) is 2.59. The summed E-state index contributed by atoms with van der Waals surface area (Å²) in [6, 6.07) is 6.27. The minimum Gasteiger partial charge on any atom is -0.369 e. The molecule has 1 atom stereocenters. The number of fused-ring (bicyclic) bond motifs is 1. The third kappa shape index (κ3) is 1.73. The molecule has 82 valence electrons. The minimum atomic E-state index is -0.242. The lowest BCUT2D eigenvalue weighted by Crippen LogP contribution is -2.35. The summed E-state index contributed by atoms with van der Waals surface area (Å²) in [4.78, 5) is 0. The Bertz CT molecular complexity index is 367. The molecule has 0 aliphatic heterocycles. The molecule has 0 saturated heterocycles. The quantitative estimate of drug-likeness (QED) is 0.916. The number of ether oxygens (including phenoxy) is 1. The van der Waals surface area contributed by atoms with E-state index >= 15 is 0 Å². The van der Waals surface area contributed by atoms with Crippen LogP contribution in [0.2, 0.25) is 0 Å². The maximum atomic E-state index is 5.88. The predicted molar refractivity (Wildman–Crippen MR) is 64.8 cm³/mol. The Labute approximate surface area is 98.9 Å². The van der Waals surface area contributed by atoms with Crippen molar-refractivity contribution in [1.29, 1.82) is 0 Å². The number of benzene rings is 1. The number of hydrogen-bond donors (Lipinski definition) is 1. The lowest BCUT2D eigenvalue weighted by molar-refractivity contribution is -0.0355. The largest absolute Gasteiger partial charge is 0.369 e. The van der Waals surface area contributed by atoms with Crippen molar-refractivity contribution in [3.05, 3.63) is 33.8 Å². The molecule has 1 aliphatic rings. The smallest absolute Gasteiger partial charge is 0.106 e. The van der Waals surface area contributed by atoms with Crippen molar-refractivity contribution in [3.63, 3.8) is 0 Å². The van der Waals surface area contributed by atoms with Gasteiger partial charge in [0.1, 0.15) is 5.60 Å². The van der Waals surface area contributed by atoms with Crippen LogP contribution in [0.15, 0.2) is 22.7 Å². The number of nitrogens with two attached hydrogens (primary N) is 1. The molecule has 0 aromatic heterocycles. The summed E-state index contributed by atoms with van der Waals surface area (Å²) in [6.45, 7) is 3.29. The van der Waals surface area contributed by atoms with Crippen molar-refractivity contribution in [3.8, 4) is 0 Å². The molecule has 0 amide bonds. The molecule has 0 radical (unpaired) electrons. The summed E-state index contributed by atoms with van der Waals surface area (Å²) in [6.07, 6.45) is 2.04. The molecular formula is C12H16BrNO. The first kappa shape index (κ1) is 11.1. The SMILES string of the molecule is CCOC1(CN)CCc2c(Br)cccc21. The summed E-state index contributed by atoms with van der Waals surface area (Å²) in [5.74, 6) is 0. The van der Waals surface area contributed by atoms with Crippen molar-refractivity contribution < 1.29 is 4.74 Å². The molecule has 1 unspecified atom stereocenters. The molecule has 2 N–H and O–H groups in total. The third-order valence-corrected chi connectivity index (χ3v) is 3.88. The zero-order valence-corrected chi connectivity index (χ0v) is 10.5. The molecule has 2 rings (SSSR count). The first-order valence-electron chi connectivity index (χ1n) is 5.35. The van der Waals surface area contributed by atoms with E-state index in [0.717, 1.165) is 12.8 Å². The molecule has 0 fully saturated rings. The second kappa shape index (κ2) is 4.24. The van der Waals surface area contributed by atoms with Crippen molar-refractivity contribution in [2.45, 2.75) is 25.4 Å². The van der Waals surface area contributed by atoms with Crippen LogP contribution in [0.3, 0.4) is 0 Å². The van der Waals surface area contributed by atoms with Crippen molar-refractivity contribution in [2.24, 2.45) is 5.73 Å². The lowest BCUT2D eigenvalue weighted by atomic mass is 9.96. The summed E-state index contributed by atoms with van der Waals surface area (Å²) in [7, 11) is 0. The second-order valence-electron chi connectivity index (χ2n) is 3.90. The van der Waals surface area contributed by atoms with Gasteiger partial charge in [-0.25, -0.2) is 0 Å². The first-order valence-corrected chi connectivity index (χ1v) is 6.14. The summed E-state index contributed by atoms with van der Waals surface area (Å²) in [5, 5.41) is 0. The van der Waals surface area contributed by atoms with E-state index in [1.807, 2.05) is 6.92 Å². The Balaban J connectivity index is 2.46. The Morgan fingerprint density at radius 2 is 2.33 bits per heavy atom. The Hall–Kier alpha value is -0.380. The van der Waals surface area contributed by atoms with Crippen molar-refractivity contribution in [2.75, 3.05) is 13.2 Å². The highest BCUT2D eigenvalue weighted by Gasteiger charge is 2.38. The molecule has 2 nitrogen and oxygen atoms in total. The standard InChI is InChI=1S/C12H16BrNO/c1-2-15-12(8-14)7-6-9-10(12)4-3-5-11(9)13/h3-5H,2,6-8,14H2,1H3. The Morgan fingerprint density at radius 3 is 3.00 bits per heavy atom. The fourth-order valence-corrected chi connectivity index (χ4v) is 2.96. The highest BCUT2D eigenvalue weighted by molar-refractivity contribution is 9.10. The van der Waals surface area contributed by atoms with Gasteiger partial charge in [-0.1, -0.05) is 28.1 Å². The van der Waals surface area contributed by atoms with Gasteiger partial charge in [0.15, 0.2) is 0 Å². The van der Waals surface area contributed by atoms with Gasteiger partial charge in [0, 0.05) is 17.6 Å². The highest BCUT2D eigenvalue weighted by Crippen LogP contribution is 2.42. The molecule has 1 aliphatic carbocycles. The monoisotopic (exact) mass is 269 g/mol. The lowest BCUT2D eigenvalue weighted by Gasteiger charge is -2.28. The molecule has 1 aromatic rings. The third-order valence-electron chi connectivity index (χ3n) is 3.14. The van der Waals surface area contributed by atoms with Crippen LogP contribution in [0.5, 0.6) is 0 Å². The average Bonchev–Trinajstić information content (AvgIpc) is 2.61. The van der Waals surface area contributed by atoms with E-state index in [2.05, 4.69) is 34.1 Å². The molecule has 0 saturated carbocycles. The minimum absolute atomic E-state index is 0.242. The molecular weight excluding hydrogens is 254 g/mol. The van der Waals surface area contributed by atoms with Crippen LogP contribution >= 0.6 is 15.9 Å². The van der Waals surface area contributed by atoms with Crippen LogP contribution in [-0.2, 0) is 16.8 Å². The number of rotatable bonds is 3. The van der Waals surface area contributed by atoms with Gasteiger partial charge in [-0.15, -0.1) is 0 Å². The molecule has 15 heavy (non-hydrogen) atoms. The zero-order valence-electron chi connectivity index (χ0n) is 8.92. The molecule has 0 heterocycles. The van der Waals surface area contributed by atoms with Gasteiger partial charge < -0.3 is 10.5 Å². The maximum Gasteiger partial charge on any atom is 0.106 e. The van der Waals surface area contributed by atoms with Gasteiger partial charge in [0.05, 0.1) is 0 Å².